The van der Waals surface area contributed by atoms with E-state index in [1.165, 1.54) is 22.3 Å². The highest BCUT2D eigenvalue weighted by Crippen LogP contribution is 2.38. The molecule has 1 N–H and O–H groups in total. The lowest BCUT2D eigenvalue weighted by Crippen LogP contribution is -2.40. The predicted octanol–water partition coefficient (Wildman–Crippen LogP) is 6.26. The zero-order valence-electron chi connectivity index (χ0n) is 20.6. The summed E-state index contributed by atoms with van der Waals surface area (Å²) in [5, 5.41) is 9.62. The molecule has 1 aliphatic heterocycles. The van der Waals surface area contributed by atoms with Gasteiger partial charge in [0.15, 0.2) is 11.6 Å². The molecule has 0 saturated carbocycles. The molecular formula is C29H25F2NO5S. The minimum atomic E-state index is -0.989. The summed E-state index contributed by atoms with van der Waals surface area (Å²) in [5.41, 5.74) is 2.49. The molecule has 0 radical (unpaired) electrons. The van der Waals surface area contributed by atoms with Crippen molar-refractivity contribution in [3.05, 3.63) is 88.3 Å². The van der Waals surface area contributed by atoms with Crippen LogP contribution in [0.5, 0.6) is 5.75 Å². The second-order valence-electron chi connectivity index (χ2n) is 9.12. The second kappa shape index (κ2) is 10.9. The molecule has 38 heavy (non-hydrogen) atoms. The molecule has 0 bridgehead atoms. The lowest BCUT2D eigenvalue weighted by molar-refractivity contribution is -0.141. The van der Waals surface area contributed by atoms with Crippen molar-refractivity contribution >= 4 is 33.3 Å². The summed E-state index contributed by atoms with van der Waals surface area (Å²) in [6, 6.07) is 16.1. The number of carboxylic acids is 1. The maximum Gasteiger partial charge on any atom is 0.326 e. The van der Waals surface area contributed by atoms with Crippen LogP contribution in [0.1, 0.15) is 33.6 Å². The van der Waals surface area contributed by atoms with E-state index in [4.69, 9.17) is 9.47 Å². The highest BCUT2D eigenvalue weighted by molar-refractivity contribution is 7.19. The first kappa shape index (κ1) is 25.8. The van der Waals surface area contributed by atoms with Gasteiger partial charge in [-0.3, -0.25) is 4.79 Å². The molecule has 0 spiro atoms. The molecule has 196 valence electrons. The van der Waals surface area contributed by atoms with Crippen LogP contribution in [0.25, 0.3) is 21.2 Å². The molecule has 3 aromatic carbocycles. The standard InChI is InChI=1S/C29H25F2NO5S/c1-36-16-21-13-23-26(31)24(30)14-22(27(23)38-21)18-7-9-20(10-8-18)37-15-17-4-2-5-19(12-17)28(33)32-11-3-6-25(32)29(34)35/h2,4-5,7-10,12-14,25H,3,6,11,15-16H2,1H3,(H,34,35)/t25-/m0/s1. The Morgan fingerprint density at radius 2 is 1.87 bits per heavy atom. The van der Waals surface area contributed by atoms with E-state index in [9.17, 15) is 23.5 Å². The Kier molecular flexibility index (Phi) is 7.40. The molecule has 9 heteroatoms. The van der Waals surface area contributed by atoms with E-state index in [1.807, 2.05) is 6.07 Å². The monoisotopic (exact) mass is 537 g/mol. The van der Waals surface area contributed by atoms with Crippen molar-refractivity contribution in [1.82, 2.24) is 4.90 Å². The van der Waals surface area contributed by atoms with Crippen LogP contribution in [-0.4, -0.2) is 41.6 Å². The Labute approximate surface area is 222 Å². The van der Waals surface area contributed by atoms with Crippen LogP contribution >= 0.6 is 11.3 Å². The number of thiophene rings is 1. The van der Waals surface area contributed by atoms with Crippen LogP contribution < -0.4 is 4.74 Å². The SMILES string of the molecule is COCc1cc2c(F)c(F)cc(-c3ccc(OCc4cccc(C(=O)N5CCC[C@H]5C(=O)O)c4)cc3)c2s1. The first-order valence-corrected chi connectivity index (χ1v) is 12.9. The fraction of sp³-hybridized carbons (Fsp3) is 0.241. The number of amides is 1. The summed E-state index contributed by atoms with van der Waals surface area (Å²) in [5.74, 6) is -2.50. The lowest BCUT2D eigenvalue weighted by atomic mass is 10.0. The predicted molar refractivity (Wildman–Crippen MR) is 140 cm³/mol. The topological polar surface area (TPSA) is 76.1 Å². The van der Waals surface area contributed by atoms with Crippen LogP contribution in [-0.2, 0) is 22.7 Å². The molecule has 0 aliphatic carbocycles. The molecule has 1 aliphatic rings. The summed E-state index contributed by atoms with van der Waals surface area (Å²) in [4.78, 5) is 26.6. The van der Waals surface area contributed by atoms with Gasteiger partial charge in [0.1, 0.15) is 18.4 Å². The summed E-state index contributed by atoms with van der Waals surface area (Å²) in [6.07, 6.45) is 1.12. The van der Waals surface area contributed by atoms with E-state index in [2.05, 4.69) is 0 Å². The van der Waals surface area contributed by atoms with Crippen molar-refractivity contribution in [3.63, 3.8) is 0 Å². The van der Waals surface area contributed by atoms with Crippen molar-refractivity contribution in [1.29, 1.82) is 0 Å². The van der Waals surface area contributed by atoms with E-state index in [1.54, 1.807) is 55.6 Å². The van der Waals surface area contributed by atoms with Crippen LogP contribution in [0.2, 0.25) is 0 Å². The number of hydrogen-bond acceptors (Lipinski definition) is 5. The Bertz CT molecular complexity index is 1500. The summed E-state index contributed by atoms with van der Waals surface area (Å²) < 4.78 is 40.5. The fourth-order valence-corrected chi connectivity index (χ4v) is 5.90. The van der Waals surface area contributed by atoms with E-state index < -0.39 is 23.6 Å². The van der Waals surface area contributed by atoms with Crippen LogP contribution in [0.3, 0.4) is 0 Å². The number of rotatable bonds is 8. The number of methoxy groups -OCH3 is 1. The summed E-state index contributed by atoms with van der Waals surface area (Å²) in [7, 11) is 1.55. The number of fused-ring (bicyclic) bond motifs is 1. The van der Waals surface area contributed by atoms with Crippen molar-refractivity contribution < 1.29 is 33.0 Å². The van der Waals surface area contributed by atoms with E-state index in [0.29, 0.717) is 47.6 Å². The first-order valence-electron chi connectivity index (χ1n) is 12.1. The van der Waals surface area contributed by atoms with Gasteiger partial charge in [-0.25, -0.2) is 13.6 Å². The largest absolute Gasteiger partial charge is 0.489 e. The average Bonchev–Trinajstić information content (AvgIpc) is 3.58. The highest BCUT2D eigenvalue weighted by Gasteiger charge is 2.34. The maximum absolute atomic E-state index is 14.4. The van der Waals surface area contributed by atoms with E-state index >= 15 is 0 Å². The molecule has 0 unspecified atom stereocenters. The van der Waals surface area contributed by atoms with Gasteiger partial charge >= 0.3 is 5.97 Å². The maximum atomic E-state index is 14.4. The highest BCUT2D eigenvalue weighted by atomic mass is 32.1. The summed E-state index contributed by atoms with van der Waals surface area (Å²) in [6.45, 7) is 0.938. The molecule has 1 amide bonds. The number of ether oxygens (including phenoxy) is 2. The number of likely N-dealkylation sites (tertiary alicyclic amines) is 1. The molecule has 1 aromatic heterocycles. The minimum absolute atomic E-state index is 0.198. The molecule has 2 heterocycles. The van der Waals surface area contributed by atoms with E-state index in [0.717, 1.165) is 16.0 Å². The number of carboxylic acid groups (broad SMARTS) is 1. The van der Waals surface area contributed by atoms with Crippen molar-refractivity contribution in [2.75, 3.05) is 13.7 Å². The van der Waals surface area contributed by atoms with Crippen LogP contribution in [0.4, 0.5) is 8.78 Å². The molecule has 1 saturated heterocycles. The Morgan fingerprint density at radius 3 is 2.61 bits per heavy atom. The molecule has 6 nitrogen and oxygen atoms in total. The van der Waals surface area contributed by atoms with Crippen molar-refractivity contribution in [2.45, 2.75) is 32.1 Å². The third kappa shape index (κ3) is 5.12. The van der Waals surface area contributed by atoms with Gasteiger partial charge in [0, 0.05) is 39.7 Å². The molecule has 4 aromatic rings. The van der Waals surface area contributed by atoms with Crippen LogP contribution in [0, 0.1) is 11.6 Å². The Morgan fingerprint density at radius 1 is 1.08 bits per heavy atom. The first-order chi connectivity index (χ1) is 18.4. The van der Waals surface area contributed by atoms with Gasteiger partial charge in [-0.05, 0) is 60.4 Å². The summed E-state index contributed by atoms with van der Waals surface area (Å²) >= 11 is 1.37. The third-order valence-corrected chi connectivity index (χ3v) is 7.72. The Hall–Kier alpha value is -3.82. The minimum Gasteiger partial charge on any atom is -0.489 e. The van der Waals surface area contributed by atoms with Gasteiger partial charge < -0.3 is 19.5 Å². The molecule has 5 rings (SSSR count). The van der Waals surface area contributed by atoms with Gasteiger partial charge in [0.25, 0.3) is 5.91 Å². The normalized spacial score (nSPS) is 15.2. The molecule has 1 fully saturated rings. The zero-order valence-corrected chi connectivity index (χ0v) is 21.4. The smallest absolute Gasteiger partial charge is 0.326 e. The third-order valence-electron chi connectivity index (χ3n) is 6.58. The Balaban J connectivity index is 1.31. The number of benzene rings is 3. The number of carbonyl (C=O) groups is 2. The number of aliphatic carboxylic acids is 1. The van der Waals surface area contributed by atoms with Gasteiger partial charge in [-0.15, -0.1) is 11.3 Å². The van der Waals surface area contributed by atoms with Crippen molar-refractivity contribution in [2.24, 2.45) is 0 Å². The van der Waals surface area contributed by atoms with Gasteiger partial charge in [-0.2, -0.15) is 0 Å². The zero-order chi connectivity index (χ0) is 26.8. The number of halogens is 2. The van der Waals surface area contributed by atoms with Gasteiger partial charge in [0.05, 0.1) is 6.61 Å². The molecular weight excluding hydrogens is 512 g/mol. The average molecular weight is 538 g/mol. The molecule has 1 atom stereocenters. The quantitative estimate of drug-likeness (QED) is 0.287. The van der Waals surface area contributed by atoms with E-state index in [-0.39, 0.29) is 17.9 Å². The number of carbonyl (C=O) groups excluding carboxylic acids is 1. The van der Waals surface area contributed by atoms with Crippen molar-refractivity contribution in [3.8, 4) is 16.9 Å². The second-order valence-corrected chi connectivity index (χ2v) is 10.3. The van der Waals surface area contributed by atoms with Gasteiger partial charge in [-0.1, -0.05) is 24.3 Å². The van der Waals surface area contributed by atoms with Crippen LogP contribution in [0.15, 0.2) is 60.7 Å². The number of nitrogens with zero attached hydrogens (tertiary/aromatic N) is 1. The number of hydrogen-bond donors (Lipinski definition) is 1. The fourth-order valence-electron chi connectivity index (χ4n) is 4.74. The van der Waals surface area contributed by atoms with Gasteiger partial charge in [0.2, 0.25) is 0 Å². The lowest BCUT2D eigenvalue weighted by Gasteiger charge is -2.21.